The van der Waals surface area contributed by atoms with Crippen molar-refractivity contribution in [1.29, 1.82) is 0 Å². The second-order valence-electron chi connectivity index (χ2n) is 29.9. The van der Waals surface area contributed by atoms with Crippen LogP contribution in [0.1, 0.15) is 81.8 Å². The van der Waals surface area contributed by atoms with Crippen LogP contribution in [0, 0.1) is 0 Å². The van der Waals surface area contributed by atoms with Gasteiger partial charge in [0.05, 0.1) is 23.6 Å². The summed E-state index contributed by atoms with van der Waals surface area (Å²) in [5.74, 6) is 0. The second kappa shape index (κ2) is 23.6. The predicted molar refractivity (Wildman–Crippen MR) is 432 cm³/mol. The van der Waals surface area contributed by atoms with Crippen LogP contribution in [0.25, 0.3) is 100 Å². The third-order valence-corrected chi connectivity index (χ3v) is 22.0. The van der Waals surface area contributed by atoms with Crippen molar-refractivity contribution in [2.24, 2.45) is 0 Å². The van der Waals surface area contributed by atoms with Crippen molar-refractivity contribution >= 4 is 57.2 Å². The summed E-state index contributed by atoms with van der Waals surface area (Å²) in [5.41, 5.74) is 33.6. The third-order valence-electron chi connectivity index (χ3n) is 22.0. The van der Waals surface area contributed by atoms with Crippen LogP contribution < -0.4 is 26.2 Å². The van der Waals surface area contributed by atoms with E-state index in [4.69, 9.17) is 1.37 Å². The molecule has 4 aliphatic rings. The Labute approximate surface area is 607 Å². The van der Waals surface area contributed by atoms with Gasteiger partial charge in [0.2, 0.25) is 0 Å². The molecule has 0 radical (unpaired) electrons. The summed E-state index contributed by atoms with van der Waals surface area (Å²) in [6, 6.07) is 115. The quantitative estimate of drug-likeness (QED) is 0.133. The molecule has 0 fully saturated rings. The van der Waals surface area contributed by atoms with Crippen molar-refractivity contribution < 1.29 is 6.85 Å². The zero-order chi connectivity index (χ0) is 72.9. The number of rotatable bonds is 9. The minimum absolute atomic E-state index is 0.148. The van der Waals surface area contributed by atoms with Gasteiger partial charge in [-0.15, -0.1) is 0 Å². The molecule has 15 aromatic rings. The Kier molecular flexibility index (Phi) is 12.9. The van der Waals surface area contributed by atoms with Gasteiger partial charge >= 0.3 is 0 Å². The van der Waals surface area contributed by atoms with E-state index in [0.29, 0.717) is 5.56 Å². The van der Waals surface area contributed by atoms with E-state index < -0.39 is 18.2 Å². The van der Waals surface area contributed by atoms with Crippen molar-refractivity contribution in [3.63, 3.8) is 0 Å². The van der Waals surface area contributed by atoms with E-state index >= 15 is 0 Å². The van der Waals surface area contributed by atoms with Gasteiger partial charge in [-0.2, -0.15) is 0 Å². The molecule has 0 N–H and O–H groups in total. The highest BCUT2D eigenvalue weighted by molar-refractivity contribution is 7.00. The van der Waals surface area contributed by atoms with E-state index in [1.807, 2.05) is 6.07 Å². The maximum atomic E-state index is 9.68. The highest BCUT2D eigenvalue weighted by atomic mass is 15.2. The highest BCUT2D eigenvalue weighted by Gasteiger charge is 2.53. The first kappa shape index (κ1) is 55.8. The first-order valence-electron chi connectivity index (χ1n) is 38.2. The summed E-state index contributed by atoms with van der Waals surface area (Å²) in [4.78, 5) is 5.14. The van der Waals surface area contributed by atoms with E-state index in [9.17, 15) is 5.48 Å². The average molecular weight is 1310 g/mol. The molecule has 484 valence electrons. The molecule has 0 bridgehead atoms. The molecule has 2 aliphatic heterocycles. The molecule has 0 aromatic heterocycles. The van der Waals surface area contributed by atoms with E-state index in [2.05, 4.69) is 361 Å². The Morgan fingerprint density at radius 2 is 0.657 bits per heavy atom. The second-order valence-corrected chi connectivity index (χ2v) is 29.9. The Balaban J connectivity index is 1.00. The van der Waals surface area contributed by atoms with Crippen molar-refractivity contribution in [3.8, 4) is 100 Å². The van der Waals surface area contributed by atoms with Gasteiger partial charge in [0, 0.05) is 45.0 Å². The number of benzene rings is 15. The van der Waals surface area contributed by atoms with E-state index in [1.165, 1.54) is 55.6 Å². The van der Waals surface area contributed by atoms with E-state index in [1.54, 1.807) is 0 Å². The maximum absolute atomic E-state index is 9.68. The van der Waals surface area contributed by atoms with Crippen molar-refractivity contribution in [1.82, 2.24) is 0 Å². The molecular formula is C99H75BN2. The van der Waals surface area contributed by atoms with E-state index in [0.717, 1.165) is 117 Å². The molecule has 3 heteroatoms. The van der Waals surface area contributed by atoms with Crippen LogP contribution in [-0.2, 0) is 16.2 Å². The summed E-state index contributed by atoms with van der Waals surface area (Å²) in [7, 11) is 0. The molecule has 0 unspecified atom stereocenters. The van der Waals surface area contributed by atoms with Crippen LogP contribution in [0.2, 0.25) is 0 Å². The molecule has 19 rings (SSSR count). The fraction of sp³-hybridized carbons (Fsp3) is 0.0909. The van der Waals surface area contributed by atoms with Crippen LogP contribution in [-0.4, -0.2) is 6.71 Å². The fourth-order valence-electron chi connectivity index (χ4n) is 17.4. The van der Waals surface area contributed by atoms with Crippen LogP contribution >= 0.6 is 0 Å². The topological polar surface area (TPSA) is 6.48 Å². The van der Waals surface area contributed by atoms with Crippen LogP contribution in [0.4, 0.5) is 34.1 Å². The lowest BCUT2D eigenvalue weighted by molar-refractivity contribution is 0.569. The molecule has 2 aliphatic carbocycles. The molecule has 2 heterocycles. The Morgan fingerprint density at radius 1 is 0.275 bits per heavy atom. The van der Waals surface area contributed by atoms with Crippen LogP contribution in [0.15, 0.2) is 346 Å². The van der Waals surface area contributed by atoms with Crippen LogP contribution in [0.3, 0.4) is 0 Å². The zero-order valence-corrected chi connectivity index (χ0v) is 58.0. The van der Waals surface area contributed by atoms with Gasteiger partial charge in [-0.3, -0.25) is 0 Å². The molecule has 2 nitrogen and oxygen atoms in total. The number of hydrogen-bond donors (Lipinski definition) is 0. The van der Waals surface area contributed by atoms with E-state index in [-0.39, 0.29) is 40.6 Å². The van der Waals surface area contributed by atoms with Crippen molar-refractivity contribution in [2.75, 3.05) is 9.80 Å². The minimum atomic E-state index is -0.657. The molecule has 15 aromatic carbocycles. The average Bonchev–Trinajstić information content (AvgIpc) is 1.60. The lowest BCUT2D eigenvalue weighted by Crippen LogP contribution is -2.61. The molecule has 0 atom stereocenters. The first-order valence-corrected chi connectivity index (χ1v) is 35.7. The number of fused-ring (bicyclic) bond motifs is 14. The lowest BCUT2D eigenvalue weighted by Gasteiger charge is -2.46. The van der Waals surface area contributed by atoms with Gasteiger partial charge < -0.3 is 9.80 Å². The largest absolute Gasteiger partial charge is 0.310 e. The number of para-hydroxylation sites is 2. The molecule has 102 heavy (non-hydrogen) atoms. The van der Waals surface area contributed by atoms with Crippen molar-refractivity contribution in [2.45, 2.75) is 57.8 Å². The minimum Gasteiger partial charge on any atom is -0.310 e. The summed E-state index contributed by atoms with van der Waals surface area (Å²) < 4.78 is 46.5. The first-order chi connectivity index (χ1) is 52.0. The van der Waals surface area contributed by atoms with Gasteiger partial charge in [-0.1, -0.05) is 363 Å². The molecule has 0 amide bonds. The Morgan fingerprint density at radius 3 is 1.13 bits per heavy atom. The standard InChI is InChI=1S/C99H75BN2/c1-97(2,3)73-57-71(58-74(63-73)98(4,5)6)72-61-91-94-92(62-72)102(96-78(67-37-18-10-19-38-67)47-30-48-79(96)68-39-20-11-21-40-68)90-60-70(75-44-28-49-83-82-43-24-27-52-86(82)99(93(75)83)84-50-25-22-41-80(84)81-42-23-26-51-85(81)99)53-55-87(90)100(94)88-59-69(64-31-12-7-13-32-64)54-56-89(88)101(91)95-76(65-33-14-8-15-34-65)45-29-46-77(95)66-35-16-9-17-36-66/h7-63H,1-6H3/i7D,12D,13D,31D,32D. The fourth-order valence-corrected chi connectivity index (χ4v) is 17.4. The van der Waals surface area contributed by atoms with Gasteiger partial charge in [0.25, 0.3) is 6.71 Å². The predicted octanol–water partition coefficient (Wildman–Crippen LogP) is 24.4. The number of nitrogens with zero attached hydrogens (tertiary/aromatic N) is 2. The molecule has 0 saturated carbocycles. The number of hydrogen-bond acceptors (Lipinski definition) is 2. The van der Waals surface area contributed by atoms with Crippen LogP contribution in [0.5, 0.6) is 0 Å². The summed E-state index contributed by atoms with van der Waals surface area (Å²) in [5, 5.41) is 0. The summed E-state index contributed by atoms with van der Waals surface area (Å²) in [6.45, 7) is 13.4. The van der Waals surface area contributed by atoms with Gasteiger partial charge in [-0.25, -0.2) is 0 Å². The number of anilines is 6. The third kappa shape index (κ3) is 9.48. The van der Waals surface area contributed by atoms with Gasteiger partial charge in [0.15, 0.2) is 0 Å². The Bertz CT molecular complexity index is 5940. The van der Waals surface area contributed by atoms with Gasteiger partial charge in [-0.05, 0) is 163 Å². The lowest BCUT2D eigenvalue weighted by atomic mass is 9.33. The SMILES string of the molecule is [2H]c1c([2H])c([2H])c(-c2ccc3c(c2)B2c4ccc(-c5cccc6c5C5(c7ccccc7-c7ccccc75)c5ccccc5-6)cc4N(c4c(-c5ccccc5)cccc4-c4ccccc4)c4cc(-c5cc(C(C)(C)C)cc(C(C)(C)C)c5)cc(c42)N3c2c(-c3ccccc3)cccc2-c2ccccc2)c([2H])c1[2H]. The maximum Gasteiger partial charge on any atom is 0.252 e. The monoisotopic (exact) mass is 1310 g/mol. The summed E-state index contributed by atoms with van der Waals surface area (Å²) >= 11 is 0. The van der Waals surface area contributed by atoms with Gasteiger partial charge in [0.1, 0.15) is 0 Å². The molecule has 0 saturated heterocycles. The smallest absolute Gasteiger partial charge is 0.252 e. The molecule has 1 spiro atoms. The van der Waals surface area contributed by atoms with Crippen molar-refractivity contribution in [3.05, 3.63) is 379 Å². The highest BCUT2D eigenvalue weighted by Crippen LogP contribution is 2.65. The summed E-state index contributed by atoms with van der Waals surface area (Å²) in [6.07, 6.45) is 0. The zero-order valence-electron chi connectivity index (χ0n) is 63.0. The Hall–Kier alpha value is -12.0. The normalized spacial score (nSPS) is 14.1. The molecular weight excluding hydrogens is 1230 g/mol.